The van der Waals surface area contributed by atoms with E-state index in [-0.39, 0.29) is 5.41 Å². The molecule has 0 spiro atoms. The monoisotopic (exact) mass is 344 g/mol. The number of nitrogens with zero attached hydrogens (tertiary/aromatic N) is 6. The van der Waals surface area contributed by atoms with Crippen molar-refractivity contribution in [2.75, 3.05) is 31.1 Å². The van der Waals surface area contributed by atoms with Crippen LogP contribution in [0.15, 0.2) is 4.52 Å². The number of aromatic nitrogens is 4. The van der Waals surface area contributed by atoms with Gasteiger partial charge in [0.1, 0.15) is 11.6 Å². The van der Waals surface area contributed by atoms with Gasteiger partial charge in [-0.1, -0.05) is 25.9 Å². The minimum Gasteiger partial charge on any atom is -0.354 e. The highest BCUT2D eigenvalue weighted by Crippen LogP contribution is 2.26. The molecular weight excluding hydrogens is 316 g/mol. The summed E-state index contributed by atoms with van der Waals surface area (Å²) in [5.41, 5.74) is 2.20. The molecule has 1 fully saturated rings. The molecule has 0 aromatic carbocycles. The van der Waals surface area contributed by atoms with Gasteiger partial charge in [0.15, 0.2) is 5.82 Å². The topological polar surface area (TPSA) is 71.2 Å². The third-order valence-corrected chi connectivity index (χ3v) is 4.64. The van der Waals surface area contributed by atoms with Crippen molar-refractivity contribution in [2.45, 2.75) is 53.5 Å². The molecule has 1 saturated heterocycles. The van der Waals surface area contributed by atoms with Crippen LogP contribution in [0.1, 0.15) is 49.6 Å². The van der Waals surface area contributed by atoms with E-state index in [9.17, 15) is 0 Å². The van der Waals surface area contributed by atoms with E-state index in [2.05, 4.69) is 54.6 Å². The van der Waals surface area contributed by atoms with Gasteiger partial charge in [-0.05, 0) is 13.8 Å². The summed E-state index contributed by atoms with van der Waals surface area (Å²) >= 11 is 0. The van der Waals surface area contributed by atoms with Crippen molar-refractivity contribution in [3.05, 3.63) is 28.8 Å². The molecule has 136 valence electrons. The zero-order valence-electron chi connectivity index (χ0n) is 16.1. The first-order valence-electron chi connectivity index (χ1n) is 8.86. The lowest BCUT2D eigenvalue weighted by Gasteiger charge is -2.36. The molecule has 2 aromatic heterocycles. The van der Waals surface area contributed by atoms with E-state index in [1.54, 1.807) is 0 Å². The molecular formula is C18H28N6O. The van der Waals surface area contributed by atoms with Gasteiger partial charge in [0, 0.05) is 49.8 Å². The van der Waals surface area contributed by atoms with Gasteiger partial charge < -0.3 is 9.42 Å². The van der Waals surface area contributed by atoms with E-state index in [0.717, 1.165) is 55.9 Å². The molecule has 3 heterocycles. The summed E-state index contributed by atoms with van der Waals surface area (Å²) in [6, 6.07) is 0. The van der Waals surface area contributed by atoms with Gasteiger partial charge in [-0.2, -0.15) is 4.98 Å². The summed E-state index contributed by atoms with van der Waals surface area (Å²) in [5.74, 6) is 3.37. The molecule has 7 heteroatoms. The van der Waals surface area contributed by atoms with E-state index < -0.39 is 0 Å². The number of hydrogen-bond donors (Lipinski definition) is 0. The summed E-state index contributed by atoms with van der Waals surface area (Å²) < 4.78 is 5.06. The molecule has 1 aliphatic rings. The highest BCUT2D eigenvalue weighted by molar-refractivity contribution is 5.49. The van der Waals surface area contributed by atoms with Crippen LogP contribution in [0.5, 0.6) is 0 Å². The Kier molecular flexibility index (Phi) is 4.77. The van der Waals surface area contributed by atoms with E-state index in [1.165, 1.54) is 5.56 Å². The summed E-state index contributed by atoms with van der Waals surface area (Å²) in [4.78, 5) is 18.6. The Morgan fingerprint density at radius 3 is 2.20 bits per heavy atom. The summed E-state index contributed by atoms with van der Waals surface area (Å²) in [6.45, 7) is 17.0. The van der Waals surface area contributed by atoms with Crippen LogP contribution in [-0.4, -0.2) is 51.2 Å². The maximum Gasteiger partial charge on any atom is 0.223 e. The average molecular weight is 344 g/mol. The lowest BCUT2D eigenvalue weighted by atomic mass is 9.95. The van der Waals surface area contributed by atoms with Crippen LogP contribution in [0.4, 0.5) is 5.82 Å². The zero-order chi connectivity index (χ0) is 18.2. The van der Waals surface area contributed by atoms with Gasteiger partial charge >= 0.3 is 0 Å². The molecule has 0 radical (unpaired) electrons. The smallest absolute Gasteiger partial charge is 0.223 e. The quantitative estimate of drug-likeness (QED) is 0.846. The SMILES string of the molecule is Cc1nc(CN2CCN(c3nc(C(C)(C)C)nc(C)c3C)CC2)no1. The third-order valence-electron chi connectivity index (χ3n) is 4.64. The molecule has 0 aliphatic carbocycles. The Morgan fingerprint density at radius 2 is 1.64 bits per heavy atom. The fraction of sp³-hybridized carbons (Fsp3) is 0.667. The predicted octanol–water partition coefficient (Wildman–Crippen LogP) is 2.40. The van der Waals surface area contributed by atoms with E-state index in [0.29, 0.717) is 5.89 Å². The highest BCUT2D eigenvalue weighted by Gasteiger charge is 2.25. The van der Waals surface area contributed by atoms with Crippen LogP contribution in [-0.2, 0) is 12.0 Å². The molecule has 0 unspecified atom stereocenters. The number of hydrogen-bond acceptors (Lipinski definition) is 7. The maximum atomic E-state index is 5.06. The van der Waals surface area contributed by atoms with Crippen molar-refractivity contribution in [1.82, 2.24) is 25.0 Å². The molecule has 0 N–H and O–H groups in total. The molecule has 2 aromatic rings. The second kappa shape index (κ2) is 6.71. The first kappa shape index (κ1) is 17.8. The first-order valence-corrected chi connectivity index (χ1v) is 8.86. The van der Waals surface area contributed by atoms with Crippen LogP contribution in [0.25, 0.3) is 0 Å². The lowest BCUT2D eigenvalue weighted by Crippen LogP contribution is -2.46. The number of anilines is 1. The van der Waals surface area contributed by atoms with E-state index in [4.69, 9.17) is 14.5 Å². The van der Waals surface area contributed by atoms with Crippen molar-refractivity contribution in [3.63, 3.8) is 0 Å². The maximum absolute atomic E-state index is 5.06. The average Bonchev–Trinajstić information content (AvgIpc) is 2.95. The molecule has 0 atom stereocenters. The van der Waals surface area contributed by atoms with Crippen molar-refractivity contribution in [2.24, 2.45) is 0 Å². The molecule has 25 heavy (non-hydrogen) atoms. The lowest BCUT2D eigenvalue weighted by molar-refractivity contribution is 0.239. The second-order valence-electron chi connectivity index (χ2n) is 7.82. The zero-order valence-corrected chi connectivity index (χ0v) is 16.1. The van der Waals surface area contributed by atoms with Crippen LogP contribution in [0.2, 0.25) is 0 Å². The van der Waals surface area contributed by atoms with Crippen molar-refractivity contribution in [1.29, 1.82) is 0 Å². The Balaban J connectivity index is 1.71. The highest BCUT2D eigenvalue weighted by atomic mass is 16.5. The molecule has 1 aliphatic heterocycles. The standard InChI is InChI=1S/C18H28N6O/c1-12-13(2)19-17(18(4,5)6)21-16(12)24-9-7-23(8-10-24)11-15-20-14(3)25-22-15/h7-11H2,1-6H3. The second-order valence-corrected chi connectivity index (χ2v) is 7.82. The van der Waals surface area contributed by atoms with E-state index in [1.807, 2.05) is 6.92 Å². The van der Waals surface area contributed by atoms with E-state index >= 15 is 0 Å². The minimum atomic E-state index is -0.0501. The Labute approximate surface area is 149 Å². The van der Waals surface area contributed by atoms with Crippen LogP contribution < -0.4 is 4.90 Å². The van der Waals surface area contributed by atoms with Gasteiger partial charge in [-0.15, -0.1) is 0 Å². The number of rotatable bonds is 3. The van der Waals surface area contributed by atoms with Gasteiger partial charge in [0.05, 0.1) is 6.54 Å². The van der Waals surface area contributed by atoms with Crippen molar-refractivity contribution < 1.29 is 4.52 Å². The first-order chi connectivity index (χ1) is 11.7. The fourth-order valence-corrected chi connectivity index (χ4v) is 2.98. The predicted molar refractivity (Wildman–Crippen MR) is 96.7 cm³/mol. The van der Waals surface area contributed by atoms with Gasteiger partial charge in [0.25, 0.3) is 0 Å². The van der Waals surface area contributed by atoms with Crippen LogP contribution in [0.3, 0.4) is 0 Å². The minimum absolute atomic E-state index is 0.0501. The Hall–Kier alpha value is -2.02. The molecule has 0 saturated carbocycles. The number of aryl methyl sites for hydroxylation is 2. The largest absolute Gasteiger partial charge is 0.354 e. The number of piperazine rings is 1. The molecule has 0 bridgehead atoms. The van der Waals surface area contributed by atoms with Crippen molar-refractivity contribution >= 4 is 5.82 Å². The fourth-order valence-electron chi connectivity index (χ4n) is 2.98. The van der Waals surface area contributed by atoms with Crippen molar-refractivity contribution in [3.8, 4) is 0 Å². The molecule has 3 rings (SSSR count). The van der Waals surface area contributed by atoms with Crippen LogP contribution in [0, 0.1) is 20.8 Å². The van der Waals surface area contributed by atoms with Gasteiger partial charge in [0.2, 0.25) is 5.89 Å². The third kappa shape index (κ3) is 3.98. The van der Waals surface area contributed by atoms with Crippen LogP contribution >= 0.6 is 0 Å². The van der Waals surface area contributed by atoms with Gasteiger partial charge in [-0.25, -0.2) is 9.97 Å². The summed E-state index contributed by atoms with van der Waals surface area (Å²) in [7, 11) is 0. The summed E-state index contributed by atoms with van der Waals surface area (Å²) in [5, 5.41) is 3.99. The molecule has 0 amide bonds. The Morgan fingerprint density at radius 1 is 0.960 bits per heavy atom. The summed E-state index contributed by atoms with van der Waals surface area (Å²) in [6.07, 6.45) is 0. The molecule has 7 nitrogen and oxygen atoms in total. The Bertz CT molecular complexity index is 741. The normalized spacial score (nSPS) is 16.5. The van der Waals surface area contributed by atoms with Gasteiger partial charge in [-0.3, -0.25) is 4.90 Å².